The Balaban J connectivity index is 1.62. The van der Waals surface area contributed by atoms with Gasteiger partial charge in [0, 0.05) is 18.0 Å². The normalized spacial score (nSPS) is 16.1. The summed E-state index contributed by atoms with van der Waals surface area (Å²) in [6.07, 6.45) is 7.44. The van der Waals surface area contributed by atoms with Crippen molar-refractivity contribution in [2.24, 2.45) is 0 Å². The number of anilines is 1. The standard InChI is InChI=1S/C17H15N5O2/c23-9-11-2-1-3-12(8-11)24-17-15(18-6-7-19-17)13-4-5-14-16(22-13)21-10-20-14/h1-3,6-10,13,22H,4-5H2,(H,20,21). The average molecular weight is 321 g/mol. The molecule has 0 aliphatic carbocycles. The van der Waals surface area contributed by atoms with Crippen LogP contribution in [0, 0.1) is 0 Å². The summed E-state index contributed by atoms with van der Waals surface area (Å²) in [5, 5.41) is 3.36. The van der Waals surface area contributed by atoms with Crippen LogP contribution in [0.15, 0.2) is 43.0 Å². The number of nitrogens with zero attached hydrogens (tertiary/aromatic N) is 3. The van der Waals surface area contributed by atoms with E-state index in [4.69, 9.17) is 4.74 Å². The average Bonchev–Trinajstić information content (AvgIpc) is 3.10. The summed E-state index contributed by atoms with van der Waals surface area (Å²) in [5.74, 6) is 1.82. The van der Waals surface area contributed by atoms with Gasteiger partial charge < -0.3 is 15.0 Å². The molecule has 0 bridgehead atoms. The Kier molecular flexibility index (Phi) is 3.66. The van der Waals surface area contributed by atoms with Crippen molar-refractivity contribution in [2.45, 2.75) is 18.9 Å². The maximum atomic E-state index is 10.9. The summed E-state index contributed by atoms with van der Waals surface area (Å²) in [6.45, 7) is 0. The smallest absolute Gasteiger partial charge is 0.243 e. The highest BCUT2D eigenvalue weighted by molar-refractivity contribution is 5.75. The Morgan fingerprint density at radius 3 is 3.04 bits per heavy atom. The fourth-order valence-electron chi connectivity index (χ4n) is 2.78. The lowest BCUT2D eigenvalue weighted by molar-refractivity contribution is 0.112. The predicted molar refractivity (Wildman–Crippen MR) is 87.2 cm³/mol. The molecule has 1 aromatic carbocycles. The number of aromatic amines is 1. The van der Waals surface area contributed by atoms with E-state index in [-0.39, 0.29) is 6.04 Å². The highest BCUT2D eigenvalue weighted by Crippen LogP contribution is 2.34. The molecule has 4 rings (SSSR count). The van der Waals surface area contributed by atoms with Crippen LogP contribution in [0.3, 0.4) is 0 Å². The van der Waals surface area contributed by atoms with Crippen LogP contribution in [0.1, 0.15) is 34.2 Å². The molecule has 1 unspecified atom stereocenters. The van der Waals surface area contributed by atoms with E-state index >= 15 is 0 Å². The Morgan fingerprint density at radius 1 is 1.21 bits per heavy atom. The number of carbonyl (C=O) groups is 1. The molecule has 0 amide bonds. The summed E-state index contributed by atoms with van der Waals surface area (Å²) in [5.41, 5.74) is 2.37. The van der Waals surface area contributed by atoms with Gasteiger partial charge in [-0.05, 0) is 25.0 Å². The van der Waals surface area contributed by atoms with Crippen molar-refractivity contribution in [2.75, 3.05) is 5.32 Å². The van der Waals surface area contributed by atoms with Crippen LogP contribution >= 0.6 is 0 Å². The van der Waals surface area contributed by atoms with Gasteiger partial charge in [0.2, 0.25) is 5.88 Å². The van der Waals surface area contributed by atoms with Gasteiger partial charge in [0.25, 0.3) is 0 Å². The van der Waals surface area contributed by atoms with Gasteiger partial charge in [-0.3, -0.25) is 9.78 Å². The molecule has 3 heterocycles. The largest absolute Gasteiger partial charge is 0.437 e. The lowest BCUT2D eigenvalue weighted by atomic mass is 10.0. The van der Waals surface area contributed by atoms with Crippen molar-refractivity contribution in [1.82, 2.24) is 19.9 Å². The predicted octanol–water partition coefficient (Wildman–Crippen LogP) is 2.90. The second kappa shape index (κ2) is 6.11. The number of imidazole rings is 1. The Morgan fingerprint density at radius 2 is 2.12 bits per heavy atom. The summed E-state index contributed by atoms with van der Waals surface area (Å²) in [4.78, 5) is 27.1. The molecule has 0 saturated carbocycles. The van der Waals surface area contributed by atoms with Crippen molar-refractivity contribution in [3.05, 3.63) is 59.9 Å². The molecule has 7 nitrogen and oxygen atoms in total. The molecule has 3 aromatic rings. The summed E-state index contributed by atoms with van der Waals surface area (Å²) < 4.78 is 5.87. The van der Waals surface area contributed by atoms with Gasteiger partial charge in [0.05, 0.1) is 18.1 Å². The summed E-state index contributed by atoms with van der Waals surface area (Å²) >= 11 is 0. The number of hydrogen-bond donors (Lipinski definition) is 2. The molecule has 1 atom stereocenters. The first-order valence-corrected chi connectivity index (χ1v) is 7.66. The number of H-pyrrole nitrogens is 1. The van der Waals surface area contributed by atoms with Crippen molar-refractivity contribution in [3.63, 3.8) is 0 Å². The molecule has 1 aliphatic heterocycles. The number of benzene rings is 1. The van der Waals surface area contributed by atoms with E-state index in [1.165, 1.54) is 0 Å². The second-order valence-corrected chi connectivity index (χ2v) is 5.50. The highest BCUT2D eigenvalue weighted by Gasteiger charge is 2.25. The quantitative estimate of drug-likeness (QED) is 0.718. The number of carbonyl (C=O) groups excluding carboxylic acids is 1. The van der Waals surface area contributed by atoms with E-state index in [0.29, 0.717) is 17.2 Å². The molecule has 0 fully saturated rings. The number of aromatic nitrogens is 4. The number of aryl methyl sites for hydroxylation is 1. The zero-order chi connectivity index (χ0) is 16.4. The number of fused-ring (bicyclic) bond motifs is 1. The van der Waals surface area contributed by atoms with Crippen molar-refractivity contribution in [1.29, 1.82) is 0 Å². The van der Waals surface area contributed by atoms with Gasteiger partial charge in [0.15, 0.2) is 0 Å². The number of rotatable bonds is 4. The van der Waals surface area contributed by atoms with Crippen LogP contribution in [0.25, 0.3) is 0 Å². The van der Waals surface area contributed by atoms with Crippen LogP contribution < -0.4 is 10.1 Å². The fraction of sp³-hybridized carbons (Fsp3) is 0.176. The van der Waals surface area contributed by atoms with Crippen LogP contribution in [0.2, 0.25) is 0 Å². The van der Waals surface area contributed by atoms with E-state index in [0.717, 1.165) is 36.3 Å². The number of aldehydes is 1. The molecule has 7 heteroatoms. The molecule has 24 heavy (non-hydrogen) atoms. The molecule has 1 aliphatic rings. The van der Waals surface area contributed by atoms with Gasteiger partial charge in [-0.15, -0.1) is 0 Å². The monoisotopic (exact) mass is 321 g/mol. The maximum Gasteiger partial charge on any atom is 0.243 e. The molecule has 0 radical (unpaired) electrons. The lowest BCUT2D eigenvalue weighted by Crippen LogP contribution is -2.20. The summed E-state index contributed by atoms with van der Waals surface area (Å²) in [7, 11) is 0. The highest BCUT2D eigenvalue weighted by atomic mass is 16.5. The zero-order valence-electron chi connectivity index (χ0n) is 12.8. The second-order valence-electron chi connectivity index (χ2n) is 5.50. The van der Waals surface area contributed by atoms with Crippen LogP contribution in [0.4, 0.5) is 5.82 Å². The minimum Gasteiger partial charge on any atom is -0.437 e. The molecular formula is C17H15N5O2. The topological polar surface area (TPSA) is 92.8 Å². The zero-order valence-corrected chi connectivity index (χ0v) is 12.8. The Bertz CT molecular complexity index is 877. The molecule has 2 aromatic heterocycles. The third-order valence-electron chi connectivity index (χ3n) is 3.94. The molecule has 0 spiro atoms. The van der Waals surface area contributed by atoms with Gasteiger partial charge in [-0.25, -0.2) is 9.97 Å². The SMILES string of the molecule is O=Cc1cccc(Oc2nccnc2C2CCc3[nH]cnc3N2)c1. The van der Waals surface area contributed by atoms with Gasteiger partial charge >= 0.3 is 0 Å². The van der Waals surface area contributed by atoms with Crippen molar-refractivity contribution < 1.29 is 9.53 Å². The van der Waals surface area contributed by atoms with Gasteiger partial charge in [-0.2, -0.15) is 0 Å². The minimum atomic E-state index is -0.0289. The molecular weight excluding hydrogens is 306 g/mol. The van der Waals surface area contributed by atoms with Crippen molar-refractivity contribution >= 4 is 12.1 Å². The van der Waals surface area contributed by atoms with E-state index < -0.39 is 0 Å². The Labute approximate surface area is 138 Å². The van der Waals surface area contributed by atoms with Gasteiger partial charge in [0.1, 0.15) is 23.5 Å². The first-order valence-electron chi connectivity index (χ1n) is 7.66. The third-order valence-corrected chi connectivity index (χ3v) is 3.94. The fourth-order valence-corrected chi connectivity index (χ4v) is 2.78. The maximum absolute atomic E-state index is 10.9. The Hall–Kier alpha value is -3.22. The third kappa shape index (κ3) is 2.71. The van der Waals surface area contributed by atoms with Crippen LogP contribution in [-0.4, -0.2) is 26.2 Å². The number of nitrogens with one attached hydrogen (secondary N) is 2. The van der Waals surface area contributed by atoms with E-state index in [1.54, 1.807) is 43.0 Å². The first-order chi connectivity index (χ1) is 11.8. The summed E-state index contributed by atoms with van der Waals surface area (Å²) in [6, 6.07) is 6.92. The molecule has 2 N–H and O–H groups in total. The van der Waals surface area contributed by atoms with Crippen LogP contribution in [0.5, 0.6) is 11.6 Å². The van der Waals surface area contributed by atoms with E-state index in [9.17, 15) is 4.79 Å². The first kappa shape index (κ1) is 14.4. The van der Waals surface area contributed by atoms with E-state index in [1.807, 2.05) is 0 Å². The number of hydrogen-bond acceptors (Lipinski definition) is 6. The lowest BCUT2D eigenvalue weighted by Gasteiger charge is -2.24. The van der Waals surface area contributed by atoms with E-state index in [2.05, 4.69) is 25.3 Å². The van der Waals surface area contributed by atoms with Crippen LogP contribution in [-0.2, 0) is 6.42 Å². The number of ether oxygens (including phenoxy) is 1. The molecule has 0 saturated heterocycles. The minimum absolute atomic E-state index is 0.0289. The molecule has 120 valence electrons. The van der Waals surface area contributed by atoms with Crippen molar-refractivity contribution in [3.8, 4) is 11.6 Å². The van der Waals surface area contributed by atoms with Gasteiger partial charge in [-0.1, -0.05) is 12.1 Å².